The Kier molecular flexibility index (Phi) is 8.19. The van der Waals surface area contributed by atoms with E-state index in [1.807, 2.05) is 13.8 Å². The van der Waals surface area contributed by atoms with Crippen molar-refractivity contribution in [3.05, 3.63) is 25.3 Å². The van der Waals surface area contributed by atoms with Gasteiger partial charge in [0.15, 0.2) is 0 Å². The van der Waals surface area contributed by atoms with Crippen LogP contribution in [0.15, 0.2) is 25.3 Å². The highest BCUT2D eigenvalue weighted by Gasteiger charge is 2.77. The standard InChI is InChI=1S/C27H42BrN3O5/c1-9-11-29(8)22(33)18-19-23(34)30(13-14-32)21(27(19)15-17(28)20(18)36-27)24(35)31(12-10-2)26(6,7)16-25(3,4)5/h9-10,17-21,32H,1-2,11-16H2,3-8H3/t17?,18-,19-,20-,21?,27?/m0/s1. The number of ether oxygens (including phenoxy) is 1. The molecule has 3 fully saturated rings. The Morgan fingerprint density at radius 2 is 1.81 bits per heavy atom. The fourth-order valence-electron chi connectivity index (χ4n) is 6.88. The number of likely N-dealkylation sites (tertiary alicyclic amines) is 1. The lowest BCUT2D eigenvalue weighted by Gasteiger charge is -2.45. The van der Waals surface area contributed by atoms with E-state index in [2.05, 4.69) is 49.9 Å². The summed E-state index contributed by atoms with van der Waals surface area (Å²) in [4.78, 5) is 46.4. The van der Waals surface area contributed by atoms with Crippen LogP contribution in [0.2, 0.25) is 0 Å². The number of hydrogen-bond acceptors (Lipinski definition) is 5. The maximum Gasteiger partial charge on any atom is 0.249 e. The third kappa shape index (κ3) is 4.78. The van der Waals surface area contributed by atoms with E-state index in [1.54, 1.807) is 29.0 Å². The molecule has 0 saturated carbocycles. The van der Waals surface area contributed by atoms with Crippen molar-refractivity contribution in [1.82, 2.24) is 14.7 Å². The van der Waals surface area contributed by atoms with Crippen molar-refractivity contribution in [2.75, 3.05) is 33.3 Å². The molecule has 0 aromatic carbocycles. The second-order valence-electron chi connectivity index (χ2n) is 12.2. The second kappa shape index (κ2) is 10.2. The van der Waals surface area contributed by atoms with Gasteiger partial charge in [-0.2, -0.15) is 0 Å². The van der Waals surface area contributed by atoms with E-state index in [1.165, 1.54) is 4.90 Å². The smallest absolute Gasteiger partial charge is 0.249 e. The molecule has 3 unspecified atom stereocenters. The summed E-state index contributed by atoms with van der Waals surface area (Å²) in [6.07, 6.45) is 3.98. The summed E-state index contributed by atoms with van der Waals surface area (Å²) in [5.74, 6) is -2.23. The zero-order valence-corrected chi connectivity index (χ0v) is 24.1. The Bertz CT molecular complexity index is 916. The molecule has 3 amide bonds. The maximum atomic E-state index is 14.4. The van der Waals surface area contributed by atoms with Gasteiger partial charge in [-0.1, -0.05) is 48.9 Å². The summed E-state index contributed by atoms with van der Waals surface area (Å²) in [5.41, 5.74) is -1.72. The highest BCUT2D eigenvalue weighted by atomic mass is 79.9. The first kappa shape index (κ1) is 28.9. The highest BCUT2D eigenvalue weighted by Crippen LogP contribution is 2.60. The molecule has 202 valence electrons. The SMILES string of the molecule is C=CCN(C)C(=O)[C@H]1[C@H]2C(=O)N(CCO)C(C(=O)N(CC=C)C(C)(C)CC(C)(C)C)C23CC(Br)[C@@H]1O3. The fraction of sp³-hybridized carbons (Fsp3) is 0.741. The molecule has 0 aliphatic carbocycles. The molecule has 3 rings (SSSR count). The molecular formula is C27H42BrN3O5. The lowest BCUT2D eigenvalue weighted by atomic mass is 9.70. The zero-order chi connectivity index (χ0) is 27.2. The largest absolute Gasteiger partial charge is 0.395 e. The number of carbonyl (C=O) groups is 3. The van der Waals surface area contributed by atoms with Crippen molar-refractivity contribution in [1.29, 1.82) is 0 Å². The van der Waals surface area contributed by atoms with Crippen LogP contribution in [0.1, 0.15) is 47.5 Å². The average molecular weight is 569 g/mol. The average Bonchev–Trinajstić information content (AvgIpc) is 3.33. The lowest BCUT2D eigenvalue weighted by Crippen LogP contribution is -2.61. The van der Waals surface area contributed by atoms with Crippen LogP contribution in [0, 0.1) is 17.3 Å². The molecule has 3 aliphatic rings. The maximum absolute atomic E-state index is 14.4. The van der Waals surface area contributed by atoms with E-state index in [4.69, 9.17) is 4.74 Å². The van der Waals surface area contributed by atoms with Gasteiger partial charge in [-0.15, -0.1) is 13.2 Å². The minimum atomic E-state index is -1.14. The number of aliphatic hydroxyl groups excluding tert-OH is 1. The zero-order valence-electron chi connectivity index (χ0n) is 22.5. The molecule has 1 spiro atoms. The number of alkyl halides is 1. The minimum absolute atomic E-state index is 0.000491. The number of rotatable bonds is 10. The van der Waals surface area contributed by atoms with Crippen LogP contribution >= 0.6 is 15.9 Å². The van der Waals surface area contributed by atoms with Gasteiger partial charge >= 0.3 is 0 Å². The fourth-order valence-corrected chi connectivity index (χ4v) is 7.83. The highest BCUT2D eigenvalue weighted by molar-refractivity contribution is 9.09. The van der Waals surface area contributed by atoms with Crippen molar-refractivity contribution >= 4 is 33.7 Å². The monoisotopic (exact) mass is 567 g/mol. The molecule has 2 bridgehead atoms. The van der Waals surface area contributed by atoms with Crippen LogP contribution in [0.3, 0.4) is 0 Å². The summed E-state index contributed by atoms with van der Waals surface area (Å²) in [6.45, 7) is 18.4. The molecule has 1 N–H and O–H groups in total. The first-order valence-corrected chi connectivity index (χ1v) is 13.6. The molecule has 3 aliphatic heterocycles. The van der Waals surface area contributed by atoms with Gasteiger partial charge in [0, 0.05) is 37.0 Å². The van der Waals surface area contributed by atoms with Crippen molar-refractivity contribution < 1.29 is 24.2 Å². The van der Waals surface area contributed by atoms with E-state index >= 15 is 0 Å². The van der Waals surface area contributed by atoms with Crippen molar-refractivity contribution in [3.63, 3.8) is 0 Å². The van der Waals surface area contributed by atoms with Gasteiger partial charge in [0.25, 0.3) is 0 Å². The molecule has 8 nitrogen and oxygen atoms in total. The molecule has 3 heterocycles. The van der Waals surface area contributed by atoms with E-state index in [-0.39, 0.29) is 41.1 Å². The Morgan fingerprint density at radius 3 is 2.33 bits per heavy atom. The summed E-state index contributed by atoms with van der Waals surface area (Å²) in [7, 11) is 1.68. The molecular weight excluding hydrogens is 526 g/mol. The van der Waals surface area contributed by atoms with Gasteiger partial charge < -0.3 is 24.5 Å². The summed E-state index contributed by atoms with van der Waals surface area (Å²) >= 11 is 3.69. The third-order valence-electron chi connectivity index (χ3n) is 7.70. The van der Waals surface area contributed by atoms with Gasteiger partial charge in [0.1, 0.15) is 11.6 Å². The van der Waals surface area contributed by atoms with Crippen LogP contribution in [-0.2, 0) is 19.1 Å². The Hall–Kier alpha value is -1.71. The molecule has 0 aromatic rings. The minimum Gasteiger partial charge on any atom is -0.395 e. The van der Waals surface area contributed by atoms with E-state index in [0.717, 1.165) is 6.42 Å². The van der Waals surface area contributed by atoms with E-state index in [9.17, 15) is 19.5 Å². The number of nitrogens with zero attached hydrogens (tertiary/aromatic N) is 3. The first-order valence-electron chi connectivity index (χ1n) is 12.7. The van der Waals surface area contributed by atoms with Crippen LogP contribution in [0.25, 0.3) is 0 Å². The number of carbonyl (C=O) groups excluding carboxylic acids is 3. The van der Waals surface area contributed by atoms with Gasteiger partial charge in [-0.3, -0.25) is 14.4 Å². The molecule has 9 heteroatoms. The quantitative estimate of drug-likeness (QED) is 0.323. The first-order chi connectivity index (χ1) is 16.7. The van der Waals surface area contributed by atoms with Crippen molar-refractivity contribution in [2.45, 2.75) is 75.6 Å². The number of hydrogen-bond donors (Lipinski definition) is 1. The number of β-amino-alcohol motifs (C(OH)–C–C–N with tert-alkyl or cyclic N) is 1. The Labute approximate surface area is 223 Å². The van der Waals surface area contributed by atoms with E-state index < -0.39 is 35.1 Å². The number of likely N-dealkylation sites (N-methyl/N-ethyl adjacent to an activating group) is 1. The van der Waals surface area contributed by atoms with Crippen LogP contribution < -0.4 is 0 Å². The number of fused-ring (bicyclic) bond motifs is 1. The van der Waals surface area contributed by atoms with E-state index in [0.29, 0.717) is 19.5 Å². The lowest BCUT2D eigenvalue weighted by molar-refractivity contribution is -0.153. The molecule has 36 heavy (non-hydrogen) atoms. The van der Waals surface area contributed by atoms with Crippen LogP contribution in [0.4, 0.5) is 0 Å². The molecule has 3 saturated heterocycles. The predicted molar refractivity (Wildman–Crippen MR) is 142 cm³/mol. The Morgan fingerprint density at radius 1 is 1.19 bits per heavy atom. The van der Waals surface area contributed by atoms with Crippen LogP contribution in [-0.4, -0.2) is 98.9 Å². The molecule has 0 radical (unpaired) electrons. The predicted octanol–water partition coefficient (Wildman–Crippen LogP) is 2.60. The van der Waals surface area contributed by atoms with Gasteiger partial charge in [-0.25, -0.2) is 0 Å². The second-order valence-corrected chi connectivity index (χ2v) is 13.4. The number of aliphatic hydroxyl groups is 1. The normalized spacial score (nSPS) is 31.4. The van der Waals surface area contributed by atoms with Gasteiger partial charge in [0.05, 0.1) is 24.5 Å². The summed E-state index contributed by atoms with van der Waals surface area (Å²) in [6, 6.07) is -0.936. The van der Waals surface area contributed by atoms with Crippen molar-refractivity contribution in [2.24, 2.45) is 17.3 Å². The Balaban J connectivity index is 2.09. The van der Waals surface area contributed by atoms with Gasteiger partial charge in [-0.05, 0) is 32.1 Å². The van der Waals surface area contributed by atoms with Gasteiger partial charge in [0.2, 0.25) is 17.7 Å². The molecule has 0 aromatic heterocycles. The molecule has 6 atom stereocenters. The van der Waals surface area contributed by atoms with Crippen LogP contribution in [0.5, 0.6) is 0 Å². The number of amides is 3. The third-order valence-corrected chi connectivity index (χ3v) is 8.54. The van der Waals surface area contributed by atoms with Crippen molar-refractivity contribution in [3.8, 4) is 0 Å². The topological polar surface area (TPSA) is 90.4 Å². The summed E-state index contributed by atoms with van der Waals surface area (Å²) < 4.78 is 6.54. The number of halogens is 1. The summed E-state index contributed by atoms with van der Waals surface area (Å²) in [5, 5.41) is 9.84.